The molecule has 1 heterocycles. The minimum absolute atomic E-state index is 0.176. The van der Waals surface area contributed by atoms with E-state index in [1.165, 1.54) is 0 Å². The number of amides is 2. The van der Waals surface area contributed by atoms with Crippen molar-refractivity contribution in [1.82, 2.24) is 16.0 Å². The summed E-state index contributed by atoms with van der Waals surface area (Å²) in [6.07, 6.45) is -0.815. The van der Waals surface area contributed by atoms with Gasteiger partial charge in [-0.25, -0.2) is 0 Å². The molecule has 0 spiro atoms. The van der Waals surface area contributed by atoms with Gasteiger partial charge in [0, 0.05) is 5.56 Å². The summed E-state index contributed by atoms with van der Waals surface area (Å²) in [6, 6.07) is 5.98. The number of nitrogens with two attached hydrogens (primary N) is 1. The third-order valence-corrected chi connectivity index (χ3v) is 4.23. The van der Waals surface area contributed by atoms with E-state index in [0.717, 1.165) is 17.3 Å². The Hall–Kier alpha value is -2.10. The average molecular weight is 338 g/mol. The van der Waals surface area contributed by atoms with Gasteiger partial charge in [0.05, 0.1) is 11.9 Å². The molecule has 2 amide bonds. The minimum Gasteiger partial charge on any atom is -0.481 e. The summed E-state index contributed by atoms with van der Waals surface area (Å²) >= 11 is 0.997. The number of hydrogen-bond acceptors (Lipinski definition) is 6. The van der Waals surface area contributed by atoms with E-state index in [0.29, 0.717) is 5.56 Å². The zero-order chi connectivity index (χ0) is 17.0. The molecule has 3 unspecified atom stereocenters. The number of aryl methyl sites for hydroxylation is 1. The summed E-state index contributed by atoms with van der Waals surface area (Å²) < 4.78 is 0. The van der Waals surface area contributed by atoms with Crippen LogP contribution in [0.2, 0.25) is 0 Å². The Kier molecular flexibility index (Phi) is 5.59. The van der Waals surface area contributed by atoms with E-state index in [-0.39, 0.29) is 5.75 Å². The molecule has 1 aromatic carbocycles. The van der Waals surface area contributed by atoms with E-state index >= 15 is 0 Å². The Balaban J connectivity index is 1.95. The second kappa shape index (κ2) is 7.44. The standard InChI is InChI=1S/C14H18N4O4S/c1-7-2-4-8(5-3-7)12(21)16-10-11(15)17-14(18-13(10)22)23-6-9(19)20/h2-5,10-11,14,17H,6,15H2,1H3,(H,16,21)(H,18,22)(H,19,20). The van der Waals surface area contributed by atoms with Gasteiger partial charge in [-0.1, -0.05) is 17.7 Å². The Morgan fingerprint density at radius 1 is 1.35 bits per heavy atom. The number of carbonyl (C=O) groups excluding carboxylic acids is 2. The molecule has 0 saturated carbocycles. The molecule has 0 aromatic heterocycles. The second-order valence-electron chi connectivity index (χ2n) is 5.10. The van der Waals surface area contributed by atoms with E-state index < -0.39 is 35.5 Å². The van der Waals surface area contributed by atoms with Crippen LogP contribution in [0.5, 0.6) is 0 Å². The third-order valence-electron chi connectivity index (χ3n) is 3.23. The number of thioether (sulfide) groups is 1. The first-order valence-corrected chi connectivity index (χ1v) is 7.94. The Labute approximate surface area is 137 Å². The first-order valence-electron chi connectivity index (χ1n) is 6.90. The molecule has 1 aliphatic heterocycles. The Morgan fingerprint density at radius 3 is 2.57 bits per heavy atom. The van der Waals surface area contributed by atoms with Crippen LogP contribution >= 0.6 is 11.8 Å². The van der Waals surface area contributed by atoms with Gasteiger partial charge in [0.25, 0.3) is 5.91 Å². The van der Waals surface area contributed by atoms with Crippen molar-refractivity contribution in [3.8, 4) is 0 Å². The molecule has 0 bridgehead atoms. The predicted molar refractivity (Wildman–Crippen MR) is 85.6 cm³/mol. The van der Waals surface area contributed by atoms with Crippen molar-refractivity contribution in [2.45, 2.75) is 24.6 Å². The van der Waals surface area contributed by atoms with Crippen molar-refractivity contribution in [2.75, 3.05) is 5.75 Å². The van der Waals surface area contributed by atoms with Crippen LogP contribution in [0.3, 0.4) is 0 Å². The second-order valence-corrected chi connectivity index (χ2v) is 6.20. The lowest BCUT2D eigenvalue weighted by Gasteiger charge is -2.35. The molecule has 0 aliphatic carbocycles. The number of carboxylic acids is 1. The fourth-order valence-corrected chi connectivity index (χ4v) is 2.79. The highest BCUT2D eigenvalue weighted by Gasteiger charge is 2.35. The fraction of sp³-hybridized carbons (Fsp3) is 0.357. The number of nitrogens with one attached hydrogen (secondary N) is 3. The minimum atomic E-state index is -0.991. The normalized spacial score (nSPS) is 23.9. The molecule has 2 rings (SSSR count). The van der Waals surface area contributed by atoms with E-state index in [9.17, 15) is 14.4 Å². The first-order chi connectivity index (χ1) is 10.9. The summed E-state index contributed by atoms with van der Waals surface area (Å²) in [5.41, 5.74) is 6.71. The molecule has 6 N–H and O–H groups in total. The zero-order valence-electron chi connectivity index (χ0n) is 12.4. The van der Waals surface area contributed by atoms with Crippen LogP contribution in [0, 0.1) is 6.92 Å². The lowest BCUT2D eigenvalue weighted by molar-refractivity contribution is -0.134. The average Bonchev–Trinajstić information content (AvgIpc) is 2.49. The molecule has 0 radical (unpaired) electrons. The molecule has 23 heavy (non-hydrogen) atoms. The number of carboxylic acid groups (broad SMARTS) is 1. The third kappa shape index (κ3) is 4.68. The predicted octanol–water partition coefficient (Wildman–Crippen LogP) is -0.801. The van der Waals surface area contributed by atoms with Gasteiger partial charge < -0.3 is 21.5 Å². The van der Waals surface area contributed by atoms with E-state index in [4.69, 9.17) is 10.8 Å². The summed E-state index contributed by atoms with van der Waals surface area (Å²) in [4.78, 5) is 34.8. The highest BCUT2D eigenvalue weighted by atomic mass is 32.2. The molecule has 1 fully saturated rings. The maximum atomic E-state index is 12.2. The SMILES string of the molecule is Cc1ccc(C(=O)NC2C(=O)NC(SCC(=O)O)NC2N)cc1. The van der Waals surface area contributed by atoms with Gasteiger partial charge in [0.2, 0.25) is 5.91 Å². The van der Waals surface area contributed by atoms with Gasteiger partial charge in [-0.15, -0.1) is 11.8 Å². The van der Waals surface area contributed by atoms with Crippen molar-refractivity contribution < 1.29 is 19.5 Å². The lowest BCUT2D eigenvalue weighted by Crippen LogP contribution is -2.70. The summed E-state index contributed by atoms with van der Waals surface area (Å²) in [6.45, 7) is 1.91. The molecule has 8 nitrogen and oxygen atoms in total. The van der Waals surface area contributed by atoms with Crippen LogP contribution in [-0.4, -0.2) is 46.3 Å². The van der Waals surface area contributed by atoms with Crippen molar-refractivity contribution >= 4 is 29.5 Å². The van der Waals surface area contributed by atoms with Gasteiger partial charge in [-0.3, -0.25) is 19.7 Å². The summed E-state index contributed by atoms with van der Waals surface area (Å²) in [7, 11) is 0. The van der Waals surface area contributed by atoms with Crippen molar-refractivity contribution in [1.29, 1.82) is 0 Å². The molecule has 1 aromatic rings. The van der Waals surface area contributed by atoms with Gasteiger partial charge in [-0.2, -0.15) is 0 Å². The molecule has 9 heteroatoms. The van der Waals surface area contributed by atoms with Crippen LogP contribution in [0.25, 0.3) is 0 Å². The number of benzene rings is 1. The topological polar surface area (TPSA) is 134 Å². The van der Waals surface area contributed by atoms with Gasteiger partial charge in [-0.05, 0) is 19.1 Å². The number of hydrogen-bond donors (Lipinski definition) is 5. The molecule has 124 valence electrons. The quantitative estimate of drug-likeness (QED) is 0.474. The van der Waals surface area contributed by atoms with Crippen LogP contribution in [0.15, 0.2) is 24.3 Å². The van der Waals surface area contributed by atoms with Crippen molar-refractivity contribution in [3.05, 3.63) is 35.4 Å². The van der Waals surface area contributed by atoms with Gasteiger partial charge >= 0.3 is 5.97 Å². The van der Waals surface area contributed by atoms with Gasteiger partial charge in [0.1, 0.15) is 11.5 Å². The van der Waals surface area contributed by atoms with Crippen LogP contribution in [0.4, 0.5) is 0 Å². The van der Waals surface area contributed by atoms with Crippen molar-refractivity contribution in [2.24, 2.45) is 5.73 Å². The van der Waals surface area contributed by atoms with Gasteiger partial charge in [0.15, 0.2) is 0 Å². The molecular weight excluding hydrogens is 320 g/mol. The van der Waals surface area contributed by atoms with E-state index in [2.05, 4.69) is 16.0 Å². The summed E-state index contributed by atoms with van der Waals surface area (Å²) in [5, 5.41) is 16.6. The molecule has 1 saturated heterocycles. The zero-order valence-corrected chi connectivity index (χ0v) is 13.2. The molecule has 3 atom stereocenters. The van der Waals surface area contributed by atoms with E-state index in [1.54, 1.807) is 24.3 Å². The van der Waals surface area contributed by atoms with Crippen LogP contribution in [0.1, 0.15) is 15.9 Å². The number of rotatable bonds is 5. The molecule has 1 aliphatic rings. The number of carbonyl (C=O) groups is 3. The Morgan fingerprint density at radius 2 is 2.00 bits per heavy atom. The Bertz CT molecular complexity index is 607. The maximum absolute atomic E-state index is 12.2. The monoisotopic (exact) mass is 338 g/mol. The lowest BCUT2D eigenvalue weighted by atomic mass is 10.1. The first kappa shape index (κ1) is 17.3. The molecular formula is C14H18N4O4S. The van der Waals surface area contributed by atoms with Crippen molar-refractivity contribution in [3.63, 3.8) is 0 Å². The van der Waals surface area contributed by atoms with E-state index in [1.807, 2.05) is 6.92 Å². The highest BCUT2D eigenvalue weighted by molar-refractivity contribution is 8.00. The highest BCUT2D eigenvalue weighted by Crippen LogP contribution is 2.11. The maximum Gasteiger partial charge on any atom is 0.313 e. The smallest absolute Gasteiger partial charge is 0.313 e. The largest absolute Gasteiger partial charge is 0.481 e. The fourth-order valence-electron chi connectivity index (χ4n) is 2.02. The van der Waals surface area contributed by atoms with Crippen LogP contribution < -0.4 is 21.7 Å². The number of aliphatic carboxylic acids is 1. The van der Waals surface area contributed by atoms with Crippen LogP contribution in [-0.2, 0) is 9.59 Å². The summed E-state index contributed by atoms with van der Waals surface area (Å²) in [5.74, 6) is -2.03.